The first kappa shape index (κ1) is 34.0. The van der Waals surface area contributed by atoms with Gasteiger partial charge in [-0.15, -0.1) is 0 Å². The third-order valence-electron chi connectivity index (χ3n) is 8.90. The van der Waals surface area contributed by atoms with Crippen molar-refractivity contribution in [2.24, 2.45) is 0 Å². The fourth-order valence-corrected chi connectivity index (χ4v) is 12.3. The number of nitrogens with zero attached hydrogens (tertiary/aromatic N) is 1. The van der Waals surface area contributed by atoms with Crippen LogP contribution in [0.3, 0.4) is 0 Å². The van der Waals surface area contributed by atoms with Gasteiger partial charge in [-0.25, -0.2) is 4.79 Å². The van der Waals surface area contributed by atoms with E-state index in [1.807, 2.05) is 60.7 Å². The number of aromatic amines is 1. The summed E-state index contributed by atoms with van der Waals surface area (Å²) < 4.78 is 27.9. The van der Waals surface area contributed by atoms with Crippen molar-refractivity contribution in [2.45, 2.75) is 102 Å². The minimum atomic E-state index is -2.40. The number of H-pyrrole nitrogens is 1. The molecule has 0 saturated carbocycles. The molecule has 44 heavy (non-hydrogen) atoms. The molecule has 2 N–H and O–H groups in total. The second-order valence-electron chi connectivity index (χ2n) is 12.8. The lowest BCUT2D eigenvalue weighted by atomic mass is 9.96. The van der Waals surface area contributed by atoms with E-state index in [2.05, 4.69) is 46.5 Å². The van der Waals surface area contributed by atoms with Crippen LogP contribution >= 0.6 is 0 Å². The molecule has 240 valence electrons. The number of ether oxygens (including phenoxy) is 3. The van der Waals surface area contributed by atoms with Crippen molar-refractivity contribution >= 4 is 8.32 Å². The number of nitrogens with one attached hydrogen (secondary N) is 1. The third-order valence-corrected chi connectivity index (χ3v) is 15.0. The van der Waals surface area contributed by atoms with Crippen LogP contribution < -0.4 is 11.2 Å². The van der Waals surface area contributed by atoms with Crippen molar-refractivity contribution < 1.29 is 23.7 Å². The Hall–Kier alpha value is -2.86. The Morgan fingerprint density at radius 3 is 1.98 bits per heavy atom. The first-order chi connectivity index (χ1) is 20.9. The highest BCUT2D eigenvalue weighted by atomic mass is 28.4. The Bertz CT molecular complexity index is 1440. The molecule has 0 aliphatic carbocycles. The number of hydrogen-bond donors (Lipinski definition) is 2. The Kier molecular flexibility index (Phi) is 11.2. The van der Waals surface area contributed by atoms with E-state index in [-0.39, 0.29) is 19.8 Å². The molecular weight excluding hydrogens is 576 g/mol. The molecule has 4 rings (SSSR count). The fraction of sp³-hybridized carbons (Fsp3) is 0.529. The third kappa shape index (κ3) is 7.16. The van der Waals surface area contributed by atoms with Gasteiger partial charge in [-0.05, 0) is 34.7 Å². The van der Waals surface area contributed by atoms with E-state index in [4.69, 9.17) is 18.6 Å². The summed E-state index contributed by atoms with van der Waals surface area (Å²) in [5.41, 5.74) is 0.719. The van der Waals surface area contributed by atoms with Gasteiger partial charge < -0.3 is 23.7 Å². The van der Waals surface area contributed by atoms with Crippen LogP contribution in [0.15, 0.2) is 76.4 Å². The lowest BCUT2D eigenvalue weighted by Crippen LogP contribution is -2.57. The number of aliphatic hydroxyl groups excluding tert-OH is 1. The summed E-state index contributed by atoms with van der Waals surface area (Å²) in [5.74, 6) is 0. The van der Waals surface area contributed by atoms with Gasteiger partial charge in [0, 0.05) is 11.8 Å². The van der Waals surface area contributed by atoms with Gasteiger partial charge in [-0.3, -0.25) is 14.3 Å². The van der Waals surface area contributed by atoms with Crippen LogP contribution in [0.1, 0.15) is 64.5 Å². The predicted molar refractivity (Wildman–Crippen MR) is 173 cm³/mol. The summed E-state index contributed by atoms with van der Waals surface area (Å²) in [6, 6.07) is 19.5. The summed E-state index contributed by atoms with van der Waals surface area (Å²) in [6.45, 7) is 15.6. The van der Waals surface area contributed by atoms with Gasteiger partial charge in [-0.2, -0.15) is 0 Å². The first-order valence-corrected chi connectivity index (χ1v) is 17.6. The van der Waals surface area contributed by atoms with Gasteiger partial charge in [-0.1, -0.05) is 102 Å². The molecule has 1 fully saturated rings. The Labute approximate surface area is 261 Å². The monoisotopic (exact) mass is 624 g/mol. The molecule has 10 heteroatoms. The Balaban J connectivity index is 1.77. The van der Waals surface area contributed by atoms with E-state index in [0.717, 1.165) is 11.1 Å². The summed E-state index contributed by atoms with van der Waals surface area (Å²) >= 11 is 0. The van der Waals surface area contributed by atoms with E-state index in [1.54, 1.807) is 6.92 Å². The number of hydrogen-bond acceptors (Lipinski definition) is 7. The normalized spacial score (nSPS) is 22.4. The molecule has 3 aromatic rings. The quantitative estimate of drug-likeness (QED) is 0.229. The van der Waals surface area contributed by atoms with Crippen LogP contribution in [-0.4, -0.2) is 54.0 Å². The Morgan fingerprint density at radius 1 is 0.886 bits per heavy atom. The zero-order valence-electron chi connectivity index (χ0n) is 27.0. The maximum atomic E-state index is 13.0. The lowest BCUT2D eigenvalue weighted by Gasteiger charge is -2.45. The van der Waals surface area contributed by atoms with Crippen molar-refractivity contribution in [3.63, 3.8) is 0 Å². The molecule has 1 aromatic heterocycles. The van der Waals surface area contributed by atoms with Crippen molar-refractivity contribution in [1.82, 2.24) is 9.55 Å². The molecular formula is C34H48N2O7Si. The van der Waals surface area contributed by atoms with Crippen LogP contribution in [0.4, 0.5) is 0 Å². The summed E-state index contributed by atoms with van der Waals surface area (Å²) in [5, 5.41) is 11.9. The maximum absolute atomic E-state index is 13.0. The molecule has 2 aromatic carbocycles. The van der Waals surface area contributed by atoms with Crippen LogP contribution in [0, 0.1) is 6.92 Å². The number of rotatable bonds is 14. The maximum Gasteiger partial charge on any atom is 0.330 e. The summed E-state index contributed by atoms with van der Waals surface area (Å²) in [6.07, 6.45) is -1.91. The van der Waals surface area contributed by atoms with Crippen molar-refractivity contribution in [2.75, 3.05) is 13.2 Å². The molecule has 1 aliphatic rings. The van der Waals surface area contributed by atoms with Gasteiger partial charge in [0.25, 0.3) is 5.56 Å². The minimum Gasteiger partial charge on any atom is -0.413 e. The number of aromatic nitrogens is 2. The molecule has 1 saturated heterocycles. The van der Waals surface area contributed by atoms with Crippen molar-refractivity contribution in [3.8, 4) is 0 Å². The van der Waals surface area contributed by atoms with Gasteiger partial charge in [0.1, 0.15) is 17.8 Å². The molecule has 2 heterocycles. The molecule has 9 nitrogen and oxygen atoms in total. The van der Waals surface area contributed by atoms with E-state index >= 15 is 0 Å². The summed E-state index contributed by atoms with van der Waals surface area (Å²) in [7, 11) is -2.40. The van der Waals surface area contributed by atoms with Crippen molar-refractivity contribution in [1.29, 1.82) is 0 Å². The molecule has 4 atom stereocenters. The first-order valence-electron chi connectivity index (χ1n) is 15.5. The van der Waals surface area contributed by atoms with E-state index in [1.165, 1.54) is 10.8 Å². The van der Waals surface area contributed by atoms with Gasteiger partial charge in [0.2, 0.25) is 0 Å². The second kappa shape index (κ2) is 14.5. The van der Waals surface area contributed by atoms with Crippen LogP contribution in [0.5, 0.6) is 0 Å². The number of aryl methyl sites for hydroxylation is 1. The van der Waals surface area contributed by atoms with E-state index in [9.17, 15) is 14.7 Å². The van der Waals surface area contributed by atoms with Crippen molar-refractivity contribution in [3.05, 3.63) is 104 Å². The average molecular weight is 625 g/mol. The smallest absolute Gasteiger partial charge is 0.330 e. The zero-order chi connectivity index (χ0) is 32.1. The van der Waals surface area contributed by atoms with Crippen LogP contribution in [-0.2, 0) is 31.9 Å². The van der Waals surface area contributed by atoms with Gasteiger partial charge in [0.05, 0.1) is 26.4 Å². The van der Waals surface area contributed by atoms with Gasteiger partial charge >= 0.3 is 5.69 Å². The standard InChI is InChI=1S/C34H48N2O7Si/c1-23(2)44(24(3)4,25(5)6)42-22-34(21-40-19-27-14-10-8-11-15-27)30(41-20-28-16-12-9-13-17-28)29(37)32(43-34)36-18-26(7)31(38)35-33(36)39/h8-18,23-25,29-30,32,37H,19-22H2,1-7H3,(H,35,38,39)/t29-,30+,32-,34+/m1/s1. The average Bonchev–Trinajstić information content (AvgIpc) is 3.25. The molecule has 0 bridgehead atoms. The fourth-order valence-electron chi connectivity index (χ4n) is 6.78. The molecule has 0 spiro atoms. The zero-order valence-corrected chi connectivity index (χ0v) is 28.0. The molecule has 0 unspecified atom stereocenters. The van der Waals surface area contributed by atoms with E-state index < -0.39 is 43.6 Å². The largest absolute Gasteiger partial charge is 0.413 e. The van der Waals surface area contributed by atoms with E-state index in [0.29, 0.717) is 28.8 Å². The predicted octanol–water partition coefficient (Wildman–Crippen LogP) is 5.47. The second-order valence-corrected chi connectivity index (χ2v) is 18.3. The molecule has 1 aliphatic heterocycles. The SMILES string of the molecule is Cc1cn([C@@H]2O[C@@](COCc3ccccc3)(CO[Si](C(C)C)(C(C)C)C(C)C)[C@@H](OCc3ccccc3)[C@H]2O)c(=O)[nH]c1=O. The highest BCUT2D eigenvalue weighted by Crippen LogP contribution is 2.46. The van der Waals surface area contributed by atoms with Crippen LogP contribution in [0.25, 0.3) is 0 Å². The number of benzene rings is 2. The highest BCUT2D eigenvalue weighted by molar-refractivity contribution is 6.77. The highest BCUT2D eigenvalue weighted by Gasteiger charge is 2.59. The topological polar surface area (TPSA) is 112 Å². The molecule has 0 amide bonds. The minimum absolute atomic E-state index is 0.0464. The molecule has 0 radical (unpaired) electrons. The number of aliphatic hydroxyl groups is 1. The summed E-state index contributed by atoms with van der Waals surface area (Å²) in [4.78, 5) is 27.5. The lowest BCUT2D eigenvalue weighted by molar-refractivity contribution is -0.173. The van der Waals surface area contributed by atoms with Crippen LogP contribution in [0.2, 0.25) is 16.6 Å². The Morgan fingerprint density at radius 2 is 1.43 bits per heavy atom. The van der Waals surface area contributed by atoms with Gasteiger partial charge in [0.15, 0.2) is 14.5 Å².